The van der Waals surface area contributed by atoms with Crippen LogP contribution in [-0.4, -0.2) is 13.1 Å². The molecule has 0 amide bonds. The van der Waals surface area contributed by atoms with E-state index in [0.29, 0.717) is 16.7 Å². The monoisotopic (exact) mass is 266 g/mol. The minimum absolute atomic E-state index is 0.239. The van der Waals surface area contributed by atoms with Crippen molar-refractivity contribution in [2.45, 2.75) is 12.8 Å². The van der Waals surface area contributed by atoms with Gasteiger partial charge in [0.15, 0.2) is 0 Å². The molecule has 0 bridgehead atoms. The SMILES string of the molecule is C=C(C#N)Cc1cc2cc(N3CCC3)ccc2oc1=O. The molecule has 1 aromatic heterocycles. The molecule has 2 aromatic rings. The van der Waals surface area contributed by atoms with E-state index in [2.05, 4.69) is 11.5 Å². The Morgan fingerprint density at radius 2 is 2.20 bits per heavy atom. The van der Waals surface area contributed by atoms with Crippen LogP contribution in [0.15, 0.2) is 45.6 Å². The lowest BCUT2D eigenvalue weighted by Crippen LogP contribution is -2.36. The Hall–Kier alpha value is -2.54. The van der Waals surface area contributed by atoms with E-state index in [0.717, 1.165) is 24.2 Å². The van der Waals surface area contributed by atoms with Gasteiger partial charge in [0, 0.05) is 41.7 Å². The minimum Gasteiger partial charge on any atom is -0.423 e. The first-order chi connectivity index (χ1) is 9.67. The van der Waals surface area contributed by atoms with Gasteiger partial charge in [0.05, 0.1) is 6.07 Å². The highest BCUT2D eigenvalue weighted by molar-refractivity contribution is 5.81. The van der Waals surface area contributed by atoms with E-state index in [1.165, 1.54) is 6.42 Å². The molecule has 0 radical (unpaired) electrons. The van der Waals surface area contributed by atoms with Gasteiger partial charge < -0.3 is 9.32 Å². The first-order valence-corrected chi connectivity index (χ1v) is 6.57. The van der Waals surface area contributed by atoms with Gasteiger partial charge in [0.2, 0.25) is 0 Å². The molecule has 0 saturated carbocycles. The van der Waals surface area contributed by atoms with E-state index in [1.54, 1.807) is 6.07 Å². The summed E-state index contributed by atoms with van der Waals surface area (Å²) in [5.41, 5.74) is 2.15. The molecule has 1 aromatic carbocycles. The topological polar surface area (TPSA) is 57.2 Å². The van der Waals surface area contributed by atoms with Crippen molar-refractivity contribution in [3.8, 4) is 6.07 Å². The molecule has 0 atom stereocenters. The predicted molar refractivity (Wildman–Crippen MR) is 77.8 cm³/mol. The maximum Gasteiger partial charge on any atom is 0.339 e. The van der Waals surface area contributed by atoms with Gasteiger partial charge in [0.25, 0.3) is 0 Å². The molecule has 4 nitrogen and oxygen atoms in total. The Labute approximate surface area is 116 Å². The third-order valence-electron chi connectivity index (χ3n) is 3.57. The number of nitrogens with zero attached hydrogens (tertiary/aromatic N) is 2. The zero-order chi connectivity index (χ0) is 14.1. The first-order valence-electron chi connectivity index (χ1n) is 6.57. The van der Waals surface area contributed by atoms with Crippen LogP contribution >= 0.6 is 0 Å². The van der Waals surface area contributed by atoms with Crippen LogP contribution in [0, 0.1) is 11.3 Å². The Morgan fingerprint density at radius 3 is 2.85 bits per heavy atom. The molecule has 1 aliphatic heterocycles. The third-order valence-corrected chi connectivity index (χ3v) is 3.57. The van der Waals surface area contributed by atoms with Crippen molar-refractivity contribution >= 4 is 16.7 Å². The number of benzene rings is 1. The van der Waals surface area contributed by atoms with Crippen LogP contribution in [0.4, 0.5) is 5.69 Å². The van der Waals surface area contributed by atoms with Crippen molar-refractivity contribution < 1.29 is 4.42 Å². The van der Waals surface area contributed by atoms with Crippen molar-refractivity contribution in [3.63, 3.8) is 0 Å². The second-order valence-corrected chi connectivity index (χ2v) is 5.01. The van der Waals surface area contributed by atoms with E-state index in [4.69, 9.17) is 9.68 Å². The summed E-state index contributed by atoms with van der Waals surface area (Å²) < 4.78 is 5.30. The average Bonchev–Trinajstić information content (AvgIpc) is 2.38. The van der Waals surface area contributed by atoms with E-state index < -0.39 is 5.63 Å². The van der Waals surface area contributed by atoms with Crippen molar-refractivity contribution in [2.75, 3.05) is 18.0 Å². The van der Waals surface area contributed by atoms with Gasteiger partial charge in [-0.05, 0) is 30.7 Å². The Bertz CT molecular complexity index is 779. The lowest BCUT2D eigenvalue weighted by molar-refractivity contribution is 0.552. The van der Waals surface area contributed by atoms with Crippen LogP contribution in [0.25, 0.3) is 11.0 Å². The number of hydrogen-bond donors (Lipinski definition) is 0. The lowest BCUT2D eigenvalue weighted by atomic mass is 10.1. The van der Waals surface area contributed by atoms with Gasteiger partial charge in [-0.3, -0.25) is 0 Å². The van der Waals surface area contributed by atoms with E-state index in [1.807, 2.05) is 24.3 Å². The minimum atomic E-state index is -0.398. The summed E-state index contributed by atoms with van der Waals surface area (Å²) in [6, 6.07) is 9.57. The second-order valence-electron chi connectivity index (χ2n) is 5.01. The second kappa shape index (κ2) is 4.86. The molecule has 4 heteroatoms. The van der Waals surface area contributed by atoms with Gasteiger partial charge in [0.1, 0.15) is 5.58 Å². The van der Waals surface area contributed by atoms with Crippen LogP contribution in [0.2, 0.25) is 0 Å². The van der Waals surface area contributed by atoms with Crippen molar-refractivity contribution in [3.05, 3.63) is 52.4 Å². The Balaban J connectivity index is 2.04. The van der Waals surface area contributed by atoms with Crippen LogP contribution in [0.5, 0.6) is 0 Å². The van der Waals surface area contributed by atoms with Gasteiger partial charge in [-0.15, -0.1) is 0 Å². The van der Waals surface area contributed by atoms with Gasteiger partial charge >= 0.3 is 5.63 Å². The molecule has 0 unspecified atom stereocenters. The first kappa shape index (κ1) is 12.5. The quantitative estimate of drug-likeness (QED) is 0.633. The number of rotatable bonds is 3. The fraction of sp³-hybridized carbons (Fsp3) is 0.250. The molecule has 20 heavy (non-hydrogen) atoms. The summed E-state index contributed by atoms with van der Waals surface area (Å²) in [4.78, 5) is 14.1. The van der Waals surface area contributed by atoms with Crippen molar-refractivity contribution in [2.24, 2.45) is 0 Å². The van der Waals surface area contributed by atoms with Gasteiger partial charge in [-0.25, -0.2) is 4.79 Å². The number of hydrogen-bond acceptors (Lipinski definition) is 4. The normalized spacial score (nSPS) is 13.8. The Morgan fingerprint density at radius 1 is 1.40 bits per heavy atom. The molecule has 0 N–H and O–H groups in total. The van der Waals surface area contributed by atoms with E-state index >= 15 is 0 Å². The third kappa shape index (κ3) is 2.19. The molecular weight excluding hydrogens is 252 g/mol. The number of nitriles is 1. The summed E-state index contributed by atoms with van der Waals surface area (Å²) in [5, 5.41) is 9.65. The zero-order valence-corrected chi connectivity index (χ0v) is 11.1. The average molecular weight is 266 g/mol. The molecule has 1 saturated heterocycles. The summed E-state index contributed by atoms with van der Waals surface area (Å²) in [6.07, 6.45) is 1.46. The summed E-state index contributed by atoms with van der Waals surface area (Å²) in [7, 11) is 0. The molecular formula is C16H14N2O2. The van der Waals surface area contributed by atoms with Crippen molar-refractivity contribution in [1.82, 2.24) is 0 Å². The molecule has 1 aliphatic rings. The fourth-order valence-electron chi connectivity index (χ4n) is 2.32. The van der Waals surface area contributed by atoms with Crippen LogP contribution < -0.4 is 10.5 Å². The van der Waals surface area contributed by atoms with Crippen LogP contribution in [-0.2, 0) is 6.42 Å². The van der Waals surface area contributed by atoms with E-state index in [-0.39, 0.29) is 6.42 Å². The zero-order valence-electron chi connectivity index (χ0n) is 11.1. The van der Waals surface area contributed by atoms with E-state index in [9.17, 15) is 4.79 Å². The highest BCUT2D eigenvalue weighted by Gasteiger charge is 2.15. The Kier molecular flexibility index (Phi) is 3.03. The van der Waals surface area contributed by atoms with Crippen LogP contribution in [0.3, 0.4) is 0 Å². The molecule has 1 fully saturated rings. The maximum atomic E-state index is 11.8. The summed E-state index contributed by atoms with van der Waals surface area (Å²) in [5.74, 6) is 0. The number of fused-ring (bicyclic) bond motifs is 1. The lowest BCUT2D eigenvalue weighted by Gasteiger charge is -2.33. The van der Waals surface area contributed by atoms with Gasteiger partial charge in [-0.2, -0.15) is 5.26 Å². The van der Waals surface area contributed by atoms with Crippen LogP contribution in [0.1, 0.15) is 12.0 Å². The predicted octanol–water partition coefficient (Wildman–Crippen LogP) is 2.63. The standard InChI is InChI=1S/C16H14N2O2/c1-11(10-17)7-13-8-12-9-14(18-5-2-6-18)3-4-15(12)20-16(13)19/h3-4,8-9H,1-2,5-7H2. The summed E-state index contributed by atoms with van der Waals surface area (Å²) >= 11 is 0. The van der Waals surface area contributed by atoms with Crippen molar-refractivity contribution in [1.29, 1.82) is 5.26 Å². The molecule has 3 rings (SSSR count). The molecule has 2 heterocycles. The highest BCUT2D eigenvalue weighted by Crippen LogP contribution is 2.25. The number of anilines is 1. The van der Waals surface area contributed by atoms with Gasteiger partial charge in [-0.1, -0.05) is 6.58 Å². The molecule has 0 spiro atoms. The highest BCUT2D eigenvalue weighted by atomic mass is 16.4. The fourth-order valence-corrected chi connectivity index (χ4v) is 2.32. The molecule has 0 aliphatic carbocycles. The molecule has 100 valence electrons. The maximum absolute atomic E-state index is 11.8. The number of allylic oxidation sites excluding steroid dienone is 1. The summed E-state index contributed by atoms with van der Waals surface area (Å²) in [6.45, 7) is 5.75. The largest absolute Gasteiger partial charge is 0.423 e. The smallest absolute Gasteiger partial charge is 0.339 e.